The molecule has 1 fully saturated rings. The van der Waals surface area contributed by atoms with Gasteiger partial charge < -0.3 is 9.32 Å². The first-order chi connectivity index (χ1) is 8.61. The van der Waals surface area contributed by atoms with Crippen LogP contribution in [0.1, 0.15) is 42.5 Å². The highest BCUT2D eigenvalue weighted by atomic mass is 32.2. The van der Waals surface area contributed by atoms with Crippen LogP contribution in [-0.2, 0) is 0 Å². The largest absolute Gasteiger partial charge is 0.456 e. The van der Waals surface area contributed by atoms with Crippen molar-refractivity contribution >= 4 is 17.7 Å². The van der Waals surface area contributed by atoms with Crippen LogP contribution < -0.4 is 0 Å². The van der Waals surface area contributed by atoms with Gasteiger partial charge >= 0.3 is 0 Å². The van der Waals surface area contributed by atoms with Crippen LogP contribution in [0.15, 0.2) is 16.5 Å². The van der Waals surface area contributed by atoms with Crippen LogP contribution in [0.5, 0.6) is 0 Å². The van der Waals surface area contributed by atoms with E-state index in [0.717, 1.165) is 24.4 Å². The number of thioether (sulfide) groups is 1. The first kappa shape index (κ1) is 13.5. The van der Waals surface area contributed by atoms with E-state index in [4.69, 9.17) is 4.42 Å². The normalized spacial score (nSPS) is 23.3. The van der Waals surface area contributed by atoms with E-state index >= 15 is 0 Å². The van der Waals surface area contributed by atoms with Crippen LogP contribution in [0.4, 0.5) is 0 Å². The van der Waals surface area contributed by atoms with Crippen molar-refractivity contribution in [3.63, 3.8) is 0 Å². The van der Waals surface area contributed by atoms with Crippen LogP contribution in [0.3, 0.4) is 0 Å². The highest BCUT2D eigenvalue weighted by Gasteiger charge is 2.31. The van der Waals surface area contributed by atoms with Crippen LogP contribution in [0.2, 0.25) is 0 Å². The van der Waals surface area contributed by atoms with Gasteiger partial charge in [0.2, 0.25) is 0 Å². The summed E-state index contributed by atoms with van der Waals surface area (Å²) in [6.07, 6.45) is 3.44. The minimum atomic E-state index is 0.00949. The van der Waals surface area contributed by atoms with E-state index in [9.17, 15) is 4.79 Å². The zero-order chi connectivity index (χ0) is 13.1. The van der Waals surface area contributed by atoms with Gasteiger partial charge in [-0.3, -0.25) is 4.79 Å². The molecule has 4 heteroatoms. The number of hydrogen-bond acceptors (Lipinski definition) is 3. The summed E-state index contributed by atoms with van der Waals surface area (Å²) in [5.41, 5.74) is 0. The van der Waals surface area contributed by atoms with Crippen molar-refractivity contribution in [2.45, 2.75) is 44.4 Å². The molecule has 2 rings (SSSR count). The highest BCUT2D eigenvalue weighted by Crippen LogP contribution is 2.32. The fourth-order valence-electron chi connectivity index (χ4n) is 2.55. The molecular formula is C14H21NO2S. The van der Waals surface area contributed by atoms with Gasteiger partial charge in [-0.2, -0.15) is 11.8 Å². The summed E-state index contributed by atoms with van der Waals surface area (Å²) in [5, 5.41) is 0.716. The molecule has 0 spiro atoms. The van der Waals surface area contributed by atoms with E-state index in [2.05, 4.69) is 6.92 Å². The number of furan rings is 1. The molecule has 3 nitrogen and oxygen atoms in total. The van der Waals surface area contributed by atoms with Crippen LogP contribution >= 0.6 is 11.8 Å². The number of carbonyl (C=O) groups is 1. The van der Waals surface area contributed by atoms with E-state index in [1.165, 1.54) is 6.42 Å². The van der Waals surface area contributed by atoms with Gasteiger partial charge in [0, 0.05) is 18.3 Å². The number of rotatable bonds is 4. The molecule has 0 N–H and O–H groups in total. The van der Waals surface area contributed by atoms with E-state index in [0.29, 0.717) is 17.1 Å². The fraction of sp³-hybridized carbons (Fsp3) is 0.643. The zero-order valence-electron chi connectivity index (χ0n) is 11.3. The van der Waals surface area contributed by atoms with Gasteiger partial charge in [0.25, 0.3) is 5.91 Å². The van der Waals surface area contributed by atoms with Crippen molar-refractivity contribution in [1.29, 1.82) is 0 Å². The highest BCUT2D eigenvalue weighted by molar-refractivity contribution is 7.99. The number of hydrogen-bond donors (Lipinski definition) is 0. The van der Waals surface area contributed by atoms with Gasteiger partial charge in [-0.1, -0.05) is 6.92 Å². The lowest BCUT2D eigenvalue weighted by atomic mass is 10.2. The van der Waals surface area contributed by atoms with E-state index < -0.39 is 0 Å². The summed E-state index contributed by atoms with van der Waals surface area (Å²) < 4.78 is 5.40. The molecule has 0 saturated heterocycles. The van der Waals surface area contributed by atoms with Gasteiger partial charge in [-0.15, -0.1) is 0 Å². The molecule has 1 aromatic rings. The van der Waals surface area contributed by atoms with Crippen molar-refractivity contribution < 1.29 is 9.21 Å². The second kappa shape index (κ2) is 5.83. The topological polar surface area (TPSA) is 33.5 Å². The molecule has 1 amide bonds. The molecule has 0 aromatic carbocycles. The SMILES string of the molecule is CCS[C@H]1CC[C@@H](N(C)C(=O)c2ccc(C)o2)C1. The number of nitrogens with zero attached hydrogens (tertiary/aromatic N) is 1. The van der Waals surface area contributed by atoms with Crippen molar-refractivity contribution in [2.24, 2.45) is 0 Å². The predicted molar refractivity (Wildman–Crippen MR) is 75.1 cm³/mol. The average molecular weight is 267 g/mol. The second-order valence-electron chi connectivity index (χ2n) is 4.87. The first-order valence-electron chi connectivity index (χ1n) is 6.57. The molecule has 1 heterocycles. The lowest BCUT2D eigenvalue weighted by Gasteiger charge is -2.23. The van der Waals surface area contributed by atoms with E-state index in [1.54, 1.807) is 6.07 Å². The van der Waals surface area contributed by atoms with Crippen molar-refractivity contribution in [3.8, 4) is 0 Å². The molecule has 1 aromatic heterocycles. The molecule has 0 radical (unpaired) electrons. The van der Waals surface area contributed by atoms with Gasteiger partial charge in [0.05, 0.1) is 0 Å². The minimum absolute atomic E-state index is 0.00949. The smallest absolute Gasteiger partial charge is 0.289 e. The minimum Gasteiger partial charge on any atom is -0.456 e. The third kappa shape index (κ3) is 2.91. The summed E-state index contributed by atoms with van der Waals surface area (Å²) in [6.45, 7) is 4.05. The Kier molecular flexibility index (Phi) is 4.38. The maximum Gasteiger partial charge on any atom is 0.289 e. The second-order valence-corrected chi connectivity index (χ2v) is 6.45. The molecule has 1 aliphatic carbocycles. The third-order valence-corrected chi connectivity index (χ3v) is 4.81. The standard InChI is InChI=1S/C14H21NO2S/c1-4-18-12-7-6-11(9-12)15(3)14(16)13-8-5-10(2)17-13/h5,8,11-12H,4,6-7,9H2,1-3H3/t11-,12+/m1/s1. The zero-order valence-corrected chi connectivity index (χ0v) is 12.1. The number of aryl methyl sites for hydroxylation is 1. The summed E-state index contributed by atoms with van der Waals surface area (Å²) in [7, 11) is 1.89. The van der Waals surface area contributed by atoms with Gasteiger partial charge in [0.1, 0.15) is 5.76 Å². The summed E-state index contributed by atoms with van der Waals surface area (Å²) in [6, 6.07) is 3.97. The molecule has 100 valence electrons. The Morgan fingerprint density at radius 1 is 1.50 bits per heavy atom. The summed E-state index contributed by atoms with van der Waals surface area (Å²) in [4.78, 5) is 14.1. The van der Waals surface area contributed by atoms with E-state index in [-0.39, 0.29) is 5.91 Å². The quantitative estimate of drug-likeness (QED) is 0.839. The van der Waals surface area contributed by atoms with Crippen molar-refractivity contribution in [1.82, 2.24) is 4.90 Å². The molecular weight excluding hydrogens is 246 g/mol. The lowest BCUT2D eigenvalue weighted by Crippen LogP contribution is -2.35. The number of carbonyl (C=O) groups excluding carboxylic acids is 1. The fourth-order valence-corrected chi connectivity index (χ4v) is 3.68. The molecule has 0 unspecified atom stereocenters. The Hall–Kier alpha value is -0.900. The molecule has 18 heavy (non-hydrogen) atoms. The lowest BCUT2D eigenvalue weighted by molar-refractivity contribution is 0.0702. The van der Waals surface area contributed by atoms with Gasteiger partial charge in [0.15, 0.2) is 5.76 Å². The molecule has 1 saturated carbocycles. The third-order valence-electron chi connectivity index (χ3n) is 3.58. The van der Waals surface area contributed by atoms with Crippen LogP contribution in [0.25, 0.3) is 0 Å². The maximum atomic E-state index is 12.2. The van der Waals surface area contributed by atoms with Crippen molar-refractivity contribution in [3.05, 3.63) is 23.7 Å². The Morgan fingerprint density at radius 2 is 2.28 bits per heavy atom. The first-order valence-corrected chi connectivity index (χ1v) is 7.62. The van der Waals surface area contributed by atoms with Gasteiger partial charge in [-0.05, 0) is 44.1 Å². The Bertz CT molecular complexity index is 416. The Labute approximate surface area is 113 Å². The van der Waals surface area contributed by atoms with E-state index in [1.807, 2.05) is 36.7 Å². The maximum absolute atomic E-state index is 12.2. The molecule has 0 aliphatic heterocycles. The van der Waals surface area contributed by atoms with Gasteiger partial charge in [-0.25, -0.2) is 0 Å². The van der Waals surface area contributed by atoms with Crippen LogP contribution in [-0.4, -0.2) is 34.9 Å². The van der Waals surface area contributed by atoms with Crippen molar-refractivity contribution in [2.75, 3.05) is 12.8 Å². The average Bonchev–Trinajstić information content (AvgIpc) is 2.97. The summed E-state index contributed by atoms with van der Waals surface area (Å²) >= 11 is 2.01. The summed E-state index contributed by atoms with van der Waals surface area (Å²) in [5.74, 6) is 2.42. The molecule has 1 aliphatic rings. The number of amides is 1. The van der Waals surface area contributed by atoms with Crippen LogP contribution in [0, 0.1) is 6.92 Å². The monoisotopic (exact) mass is 267 g/mol. The predicted octanol–water partition coefficient (Wildman–Crippen LogP) is 3.33. The molecule has 2 atom stereocenters. The Morgan fingerprint density at radius 3 is 2.89 bits per heavy atom. The Balaban J connectivity index is 1.95. The molecule has 0 bridgehead atoms.